The Morgan fingerprint density at radius 1 is 0.429 bits per heavy atom. The van der Waals surface area contributed by atoms with Crippen molar-refractivity contribution in [1.29, 1.82) is 0 Å². The van der Waals surface area contributed by atoms with Crippen LogP contribution in [0.2, 0.25) is 0 Å². The Morgan fingerprint density at radius 2 is 0.667 bits per heavy atom. The Kier molecular flexibility index (Phi) is 24.7. The van der Waals surface area contributed by atoms with Gasteiger partial charge in [0.2, 0.25) is 0 Å². The smallest absolute Gasteiger partial charge is 0.330 e. The van der Waals surface area contributed by atoms with Crippen molar-refractivity contribution < 1.29 is 57.1 Å². The van der Waals surface area contributed by atoms with Gasteiger partial charge < -0.3 is 37.9 Å². The molecule has 0 aromatic heterocycles. The summed E-state index contributed by atoms with van der Waals surface area (Å²) >= 11 is 0. The summed E-state index contributed by atoms with van der Waals surface area (Å²) in [7, 11) is 0. The molecule has 0 saturated carbocycles. The van der Waals surface area contributed by atoms with Crippen molar-refractivity contribution in [1.82, 2.24) is 0 Å². The SMILES string of the molecule is C=CC(=O)OCC(C)OCC(C)OCC(C)OC(=O)C=C.C=CC(=O)OCC(C)OCC(C)OCC(C)OC(=O)C=C. The van der Waals surface area contributed by atoms with Crippen molar-refractivity contribution in [3.05, 3.63) is 50.6 Å². The van der Waals surface area contributed by atoms with Crippen LogP contribution in [0.4, 0.5) is 0 Å². The minimum atomic E-state index is -0.479. The second-order valence-corrected chi connectivity index (χ2v) is 9.15. The van der Waals surface area contributed by atoms with Crippen LogP contribution >= 0.6 is 0 Å². The van der Waals surface area contributed by atoms with Crippen LogP contribution in [0.5, 0.6) is 0 Å². The lowest BCUT2D eigenvalue weighted by Crippen LogP contribution is -2.27. The molecule has 240 valence electrons. The van der Waals surface area contributed by atoms with Crippen LogP contribution in [0.15, 0.2) is 50.6 Å². The fraction of sp³-hybridized carbons (Fsp3) is 0.600. The van der Waals surface area contributed by atoms with Crippen molar-refractivity contribution in [2.75, 3.05) is 39.6 Å². The molecule has 0 aliphatic carbocycles. The predicted octanol–water partition coefficient (Wildman–Crippen LogP) is 3.29. The first kappa shape index (κ1) is 40.8. The standard InChI is InChI=1S/2C15H24O6/c2*1-6-14(16)20-9-12(4)18-8-11(3)19-10-13(5)21-15(17)7-2/h2*6-7,11-13H,1-2,8-10H2,3-5H3. The second kappa shape index (κ2) is 25.4. The zero-order valence-electron chi connectivity index (χ0n) is 25.7. The number of hydrogen-bond donors (Lipinski definition) is 0. The molecule has 0 N–H and O–H groups in total. The Bertz CT molecular complexity index is 772. The zero-order valence-corrected chi connectivity index (χ0v) is 25.7. The van der Waals surface area contributed by atoms with Gasteiger partial charge in [-0.15, -0.1) is 0 Å². The maximum atomic E-state index is 11.0. The number of ether oxygens (including phenoxy) is 8. The molecule has 0 spiro atoms. The molecule has 42 heavy (non-hydrogen) atoms. The van der Waals surface area contributed by atoms with E-state index in [-0.39, 0.29) is 63.1 Å². The van der Waals surface area contributed by atoms with Crippen LogP contribution in [0.3, 0.4) is 0 Å². The van der Waals surface area contributed by atoms with Gasteiger partial charge in [0.05, 0.1) is 50.8 Å². The third kappa shape index (κ3) is 25.6. The van der Waals surface area contributed by atoms with Crippen LogP contribution in [0.1, 0.15) is 41.5 Å². The highest BCUT2D eigenvalue weighted by Gasteiger charge is 2.13. The summed E-state index contributed by atoms with van der Waals surface area (Å²) in [5, 5.41) is 0. The van der Waals surface area contributed by atoms with Crippen molar-refractivity contribution in [3.63, 3.8) is 0 Å². The predicted molar refractivity (Wildman–Crippen MR) is 155 cm³/mol. The van der Waals surface area contributed by atoms with Crippen molar-refractivity contribution in [3.8, 4) is 0 Å². The van der Waals surface area contributed by atoms with E-state index in [4.69, 9.17) is 37.9 Å². The molecular weight excluding hydrogens is 552 g/mol. The highest BCUT2D eigenvalue weighted by Crippen LogP contribution is 2.03. The van der Waals surface area contributed by atoms with E-state index in [0.29, 0.717) is 13.2 Å². The van der Waals surface area contributed by atoms with Crippen molar-refractivity contribution >= 4 is 23.9 Å². The maximum Gasteiger partial charge on any atom is 0.330 e. The monoisotopic (exact) mass is 600 g/mol. The Hall–Kier alpha value is -3.32. The first-order valence-electron chi connectivity index (χ1n) is 13.5. The van der Waals surface area contributed by atoms with Gasteiger partial charge in [0.25, 0.3) is 0 Å². The number of esters is 4. The molecule has 0 radical (unpaired) electrons. The highest BCUT2D eigenvalue weighted by atomic mass is 16.6. The molecule has 0 aromatic rings. The molecule has 6 unspecified atom stereocenters. The molecule has 0 heterocycles. The number of hydrogen-bond acceptors (Lipinski definition) is 12. The van der Waals surface area contributed by atoms with E-state index < -0.39 is 23.9 Å². The third-order valence-corrected chi connectivity index (χ3v) is 4.68. The van der Waals surface area contributed by atoms with Gasteiger partial charge in [-0.25, -0.2) is 19.2 Å². The van der Waals surface area contributed by atoms with Gasteiger partial charge in [0.1, 0.15) is 25.4 Å². The molecule has 0 fully saturated rings. The van der Waals surface area contributed by atoms with Crippen LogP contribution in [-0.4, -0.2) is 100 Å². The molecule has 0 rings (SSSR count). The van der Waals surface area contributed by atoms with Crippen LogP contribution in [0, 0.1) is 0 Å². The van der Waals surface area contributed by atoms with Gasteiger partial charge in [0.15, 0.2) is 0 Å². The topological polar surface area (TPSA) is 142 Å². The summed E-state index contributed by atoms with van der Waals surface area (Å²) in [4.78, 5) is 43.7. The average molecular weight is 601 g/mol. The lowest BCUT2D eigenvalue weighted by molar-refractivity contribution is -0.148. The number of rotatable bonds is 22. The van der Waals surface area contributed by atoms with Crippen molar-refractivity contribution in [2.24, 2.45) is 0 Å². The van der Waals surface area contributed by atoms with E-state index in [9.17, 15) is 19.2 Å². The Balaban J connectivity index is 0. The van der Waals surface area contributed by atoms with Crippen LogP contribution in [-0.2, 0) is 57.1 Å². The van der Waals surface area contributed by atoms with E-state index in [0.717, 1.165) is 24.3 Å². The number of carbonyl (C=O) groups is 4. The molecule has 12 heteroatoms. The molecular formula is C30H48O12. The summed E-state index contributed by atoms with van der Waals surface area (Å²) in [6, 6.07) is 0. The van der Waals surface area contributed by atoms with Crippen molar-refractivity contribution in [2.45, 2.75) is 78.2 Å². The van der Waals surface area contributed by atoms with Gasteiger partial charge in [-0.1, -0.05) is 26.3 Å². The maximum absolute atomic E-state index is 11.0. The quantitative estimate of drug-likeness (QED) is 0.102. The Labute approximate surface area is 249 Å². The zero-order chi connectivity index (χ0) is 32.5. The first-order chi connectivity index (χ1) is 19.8. The molecule has 0 aliphatic rings. The summed E-state index contributed by atoms with van der Waals surface area (Å²) < 4.78 is 41.5. The average Bonchev–Trinajstić information content (AvgIpc) is 2.98. The van der Waals surface area contributed by atoms with E-state index in [1.54, 1.807) is 27.7 Å². The third-order valence-electron chi connectivity index (χ3n) is 4.68. The summed E-state index contributed by atoms with van der Waals surface area (Å²) in [6.07, 6.45) is 2.87. The van der Waals surface area contributed by atoms with Gasteiger partial charge in [-0.05, 0) is 41.5 Å². The van der Waals surface area contributed by atoms with E-state index in [1.165, 1.54) is 0 Å². The molecule has 0 bridgehead atoms. The van der Waals surface area contributed by atoms with Crippen LogP contribution in [0.25, 0.3) is 0 Å². The Morgan fingerprint density at radius 3 is 0.929 bits per heavy atom. The van der Waals surface area contributed by atoms with Gasteiger partial charge in [-0.3, -0.25) is 0 Å². The molecule has 0 aliphatic heterocycles. The van der Waals surface area contributed by atoms with Crippen LogP contribution < -0.4 is 0 Å². The molecule has 6 atom stereocenters. The number of carbonyl (C=O) groups excluding carboxylic acids is 4. The van der Waals surface area contributed by atoms with Gasteiger partial charge in [0, 0.05) is 24.3 Å². The summed E-state index contributed by atoms with van der Waals surface area (Å²) in [6.45, 7) is 25.5. The highest BCUT2D eigenvalue weighted by molar-refractivity contribution is 5.82. The lowest BCUT2D eigenvalue weighted by atomic mass is 10.4. The second-order valence-electron chi connectivity index (χ2n) is 9.15. The fourth-order valence-corrected chi connectivity index (χ4v) is 2.47. The fourth-order valence-electron chi connectivity index (χ4n) is 2.47. The minimum Gasteiger partial charge on any atom is -0.460 e. The first-order valence-corrected chi connectivity index (χ1v) is 13.5. The largest absolute Gasteiger partial charge is 0.460 e. The van der Waals surface area contributed by atoms with E-state index in [1.807, 2.05) is 13.8 Å². The van der Waals surface area contributed by atoms with E-state index in [2.05, 4.69) is 26.3 Å². The van der Waals surface area contributed by atoms with Gasteiger partial charge >= 0.3 is 23.9 Å². The van der Waals surface area contributed by atoms with E-state index >= 15 is 0 Å². The summed E-state index contributed by atoms with van der Waals surface area (Å²) in [5.74, 6) is -1.92. The molecule has 12 nitrogen and oxygen atoms in total. The lowest BCUT2D eigenvalue weighted by Gasteiger charge is -2.19. The van der Waals surface area contributed by atoms with Gasteiger partial charge in [-0.2, -0.15) is 0 Å². The summed E-state index contributed by atoms with van der Waals surface area (Å²) in [5.41, 5.74) is 0. The molecule has 0 amide bonds. The normalized spacial score (nSPS) is 14.6. The minimum absolute atomic E-state index is 0.158. The molecule has 0 saturated heterocycles. The molecule has 0 aromatic carbocycles.